The van der Waals surface area contributed by atoms with Gasteiger partial charge in [-0.15, -0.1) is 0 Å². The van der Waals surface area contributed by atoms with E-state index in [1.54, 1.807) is 49.0 Å². The lowest BCUT2D eigenvalue weighted by atomic mass is 10.3. The van der Waals surface area contributed by atoms with Crippen LogP contribution in [0, 0.1) is 6.92 Å². The molecule has 0 fully saturated rings. The highest BCUT2D eigenvalue weighted by atomic mass is 35.5. The van der Waals surface area contributed by atoms with Crippen LogP contribution in [-0.4, -0.2) is 17.1 Å². The molecule has 0 spiro atoms. The van der Waals surface area contributed by atoms with Gasteiger partial charge in [-0.25, -0.2) is 0 Å². The molecule has 110 valence electrons. The van der Waals surface area contributed by atoms with Crippen molar-refractivity contribution in [2.45, 2.75) is 6.92 Å². The lowest BCUT2D eigenvalue weighted by Crippen LogP contribution is -2.23. The Bertz CT molecular complexity index is 725. The van der Waals surface area contributed by atoms with Crippen LogP contribution in [0.5, 0.6) is 5.75 Å². The molecule has 0 bridgehead atoms. The van der Waals surface area contributed by atoms with Crippen LogP contribution in [0.1, 0.15) is 5.69 Å². The number of pyridine rings is 1. The molecule has 1 aromatic heterocycles. The number of anilines is 1. The summed E-state index contributed by atoms with van der Waals surface area (Å²) >= 11 is 5.83. The molecule has 5 nitrogen and oxygen atoms in total. The van der Waals surface area contributed by atoms with Crippen molar-refractivity contribution in [3.8, 4) is 5.75 Å². The van der Waals surface area contributed by atoms with E-state index < -0.39 is 0 Å². The normalized spacial score (nSPS) is 10.2. The van der Waals surface area contributed by atoms with Gasteiger partial charge >= 0.3 is 0 Å². The van der Waals surface area contributed by atoms with Crippen molar-refractivity contribution in [2.75, 3.05) is 11.9 Å². The zero-order valence-electron chi connectivity index (χ0n) is 11.7. The zero-order chi connectivity index (χ0) is 15.4. The van der Waals surface area contributed by atoms with E-state index in [-0.39, 0.29) is 23.7 Å². The molecular formula is C15H15ClN2O3. The van der Waals surface area contributed by atoms with Gasteiger partial charge in [-0.05, 0) is 25.1 Å². The maximum Gasteiger partial charge on any atom is 0.262 e. The van der Waals surface area contributed by atoms with Gasteiger partial charge < -0.3 is 14.6 Å². The number of halogens is 1. The topological polar surface area (TPSA) is 60.3 Å². The molecule has 1 N–H and O–H groups in total. The smallest absolute Gasteiger partial charge is 0.262 e. The number of rotatable bonds is 4. The number of carbonyl (C=O) groups is 1. The Morgan fingerprint density at radius 2 is 2.14 bits per heavy atom. The van der Waals surface area contributed by atoms with E-state index in [1.165, 1.54) is 6.07 Å². The lowest BCUT2D eigenvalue weighted by Gasteiger charge is -2.11. The quantitative estimate of drug-likeness (QED) is 0.943. The van der Waals surface area contributed by atoms with E-state index in [0.717, 1.165) is 0 Å². The van der Waals surface area contributed by atoms with Crippen molar-refractivity contribution in [2.24, 2.45) is 7.05 Å². The molecule has 0 saturated carbocycles. The molecule has 1 amide bonds. The Balaban J connectivity index is 2.02. The van der Waals surface area contributed by atoms with Crippen LogP contribution in [0.3, 0.4) is 0 Å². The highest BCUT2D eigenvalue weighted by molar-refractivity contribution is 6.30. The Morgan fingerprint density at radius 1 is 1.38 bits per heavy atom. The molecule has 0 aliphatic heterocycles. The van der Waals surface area contributed by atoms with Crippen molar-refractivity contribution in [1.82, 2.24) is 4.57 Å². The van der Waals surface area contributed by atoms with Crippen LogP contribution in [0.4, 0.5) is 5.69 Å². The molecule has 6 heteroatoms. The number of nitrogens with one attached hydrogen (secondary N) is 1. The lowest BCUT2D eigenvalue weighted by molar-refractivity contribution is -0.118. The molecule has 0 unspecified atom stereocenters. The monoisotopic (exact) mass is 306 g/mol. The number of hydrogen-bond donors (Lipinski definition) is 1. The van der Waals surface area contributed by atoms with E-state index in [9.17, 15) is 9.59 Å². The zero-order valence-corrected chi connectivity index (χ0v) is 12.5. The first-order valence-electron chi connectivity index (χ1n) is 6.32. The van der Waals surface area contributed by atoms with Crippen LogP contribution in [0.25, 0.3) is 0 Å². The number of hydrogen-bond acceptors (Lipinski definition) is 3. The second-order valence-corrected chi connectivity index (χ2v) is 4.99. The van der Waals surface area contributed by atoms with Crippen LogP contribution < -0.4 is 15.5 Å². The highest BCUT2D eigenvalue weighted by Gasteiger charge is 2.10. The Kier molecular flexibility index (Phi) is 4.65. The van der Waals surface area contributed by atoms with E-state index in [4.69, 9.17) is 16.3 Å². The van der Waals surface area contributed by atoms with Gasteiger partial charge in [0.05, 0.1) is 5.69 Å². The fourth-order valence-corrected chi connectivity index (χ4v) is 1.97. The van der Waals surface area contributed by atoms with Gasteiger partial charge in [0, 0.05) is 30.0 Å². The average Bonchev–Trinajstić information content (AvgIpc) is 2.43. The largest absolute Gasteiger partial charge is 0.478 e. The van der Waals surface area contributed by atoms with E-state index in [1.807, 2.05) is 0 Å². The summed E-state index contributed by atoms with van der Waals surface area (Å²) in [6.45, 7) is 1.51. The second kappa shape index (κ2) is 6.45. The van der Waals surface area contributed by atoms with Gasteiger partial charge in [-0.1, -0.05) is 17.7 Å². The maximum atomic E-state index is 11.8. The summed E-state index contributed by atoms with van der Waals surface area (Å²) in [5.74, 6) is -0.177. The van der Waals surface area contributed by atoms with Gasteiger partial charge in [0.15, 0.2) is 12.4 Å². The molecular weight excluding hydrogens is 292 g/mol. The highest BCUT2D eigenvalue weighted by Crippen LogP contribution is 2.15. The van der Waals surface area contributed by atoms with Crippen LogP contribution >= 0.6 is 11.6 Å². The van der Waals surface area contributed by atoms with E-state index in [2.05, 4.69) is 5.32 Å². The molecule has 21 heavy (non-hydrogen) atoms. The Hall–Kier alpha value is -2.27. The molecule has 2 rings (SSSR count). The molecule has 1 aromatic carbocycles. The summed E-state index contributed by atoms with van der Waals surface area (Å²) in [4.78, 5) is 23.5. The van der Waals surface area contributed by atoms with Crippen molar-refractivity contribution in [1.29, 1.82) is 0 Å². The standard InChI is InChI=1S/C15H15ClN2O3/c1-10-15(13(19)6-7-18(10)2)21-9-14(20)17-12-5-3-4-11(16)8-12/h3-8H,9H2,1-2H3,(H,17,20). The maximum absolute atomic E-state index is 11.8. The van der Waals surface area contributed by atoms with Gasteiger partial charge in [-0.3, -0.25) is 9.59 Å². The number of nitrogens with zero attached hydrogens (tertiary/aromatic N) is 1. The average molecular weight is 307 g/mol. The van der Waals surface area contributed by atoms with E-state index in [0.29, 0.717) is 16.4 Å². The number of aromatic nitrogens is 1. The third kappa shape index (κ3) is 3.86. The third-order valence-electron chi connectivity index (χ3n) is 2.99. The predicted molar refractivity (Wildman–Crippen MR) is 82.0 cm³/mol. The molecule has 2 aromatic rings. The fraction of sp³-hybridized carbons (Fsp3) is 0.200. The van der Waals surface area contributed by atoms with Gasteiger partial charge in [0.2, 0.25) is 5.43 Å². The number of benzene rings is 1. The van der Waals surface area contributed by atoms with Crippen molar-refractivity contribution in [3.05, 3.63) is 57.5 Å². The van der Waals surface area contributed by atoms with Crippen molar-refractivity contribution >= 4 is 23.2 Å². The number of ether oxygens (including phenoxy) is 1. The van der Waals surface area contributed by atoms with Crippen LogP contribution in [-0.2, 0) is 11.8 Å². The number of aryl methyl sites for hydroxylation is 1. The molecule has 0 aliphatic carbocycles. The van der Waals surface area contributed by atoms with Gasteiger partial charge in [0.25, 0.3) is 5.91 Å². The van der Waals surface area contributed by atoms with Gasteiger partial charge in [0.1, 0.15) is 0 Å². The first kappa shape index (κ1) is 15.1. The van der Waals surface area contributed by atoms with E-state index >= 15 is 0 Å². The third-order valence-corrected chi connectivity index (χ3v) is 3.22. The summed E-state index contributed by atoms with van der Waals surface area (Å²) < 4.78 is 7.09. The van der Waals surface area contributed by atoms with Crippen LogP contribution in [0.15, 0.2) is 41.3 Å². The summed E-state index contributed by atoms with van der Waals surface area (Å²) in [5, 5.41) is 3.18. The Morgan fingerprint density at radius 3 is 2.86 bits per heavy atom. The van der Waals surface area contributed by atoms with Crippen molar-refractivity contribution < 1.29 is 9.53 Å². The Labute approximate surface area is 127 Å². The summed E-state index contributed by atoms with van der Waals surface area (Å²) in [7, 11) is 1.80. The molecule has 0 atom stereocenters. The predicted octanol–water partition coefficient (Wildman–Crippen LogP) is 2.36. The van der Waals surface area contributed by atoms with Crippen molar-refractivity contribution in [3.63, 3.8) is 0 Å². The minimum atomic E-state index is -0.359. The SMILES string of the molecule is Cc1c(OCC(=O)Nc2cccc(Cl)c2)c(=O)ccn1C. The minimum Gasteiger partial charge on any atom is -0.478 e. The molecule has 0 saturated heterocycles. The summed E-state index contributed by atoms with van der Waals surface area (Å²) in [6.07, 6.45) is 1.65. The summed E-state index contributed by atoms with van der Waals surface area (Å²) in [6, 6.07) is 8.20. The first-order chi connectivity index (χ1) is 9.97. The molecule has 1 heterocycles. The van der Waals surface area contributed by atoms with Crippen LogP contribution in [0.2, 0.25) is 5.02 Å². The van der Waals surface area contributed by atoms with Gasteiger partial charge in [-0.2, -0.15) is 0 Å². The fourth-order valence-electron chi connectivity index (χ4n) is 1.78. The minimum absolute atomic E-state index is 0.182. The first-order valence-corrected chi connectivity index (χ1v) is 6.69. The molecule has 0 aliphatic rings. The number of amides is 1. The molecule has 0 radical (unpaired) electrons. The second-order valence-electron chi connectivity index (χ2n) is 4.55. The summed E-state index contributed by atoms with van der Waals surface area (Å²) in [5.41, 5.74) is 0.994. The number of carbonyl (C=O) groups excluding carboxylic acids is 1.